The minimum Gasteiger partial charge on any atom is -0.385 e. The highest BCUT2D eigenvalue weighted by Crippen LogP contribution is 2.15. The van der Waals surface area contributed by atoms with Crippen molar-refractivity contribution in [1.29, 1.82) is 0 Å². The van der Waals surface area contributed by atoms with Crippen molar-refractivity contribution in [2.24, 2.45) is 5.73 Å². The zero-order chi connectivity index (χ0) is 15.0. The zero-order valence-electron chi connectivity index (χ0n) is 11.9. The van der Waals surface area contributed by atoms with Gasteiger partial charge in [0.05, 0.1) is 0 Å². The Labute approximate surface area is 122 Å². The van der Waals surface area contributed by atoms with Gasteiger partial charge in [0.15, 0.2) is 0 Å². The van der Waals surface area contributed by atoms with Gasteiger partial charge in [-0.05, 0) is 25.0 Å². The van der Waals surface area contributed by atoms with Gasteiger partial charge in [-0.15, -0.1) is 0 Å². The van der Waals surface area contributed by atoms with Gasteiger partial charge in [-0.25, -0.2) is 0 Å². The molecule has 0 radical (unpaired) electrons. The van der Waals surface area contributed by atoms with Gasteiger partial charge in [-0.2, -0.15) is 0 Å². The van der Waals surface area contributed by atoms with Gasteiger partial charge >= 0.3 is 0 Å². The summed E-state index contributed by atoms with van der Waals surface area (Å²) in [5, 5.41) is 2.23. The summed E-state index contributed by atoms with van der Waals surface area (Å²) in [6, 6.07) is 7.34. The van der Waals surface area contributed by atoms with Crippen LogP contribution >= 0.6 is 0 Å². The van der Waals surface area contributed by atoms with E-state index in [2.05, 4.69) is 5.32 Å². The number of nitrogens with two attached hydrogens (primary N) is 1. The molecule has 3 N–H and O–H groups in total. The summed E-state index contributed by atoms with van der Waals surface area (Å²) in [6.45, 7) is 2.57. The maximum absolute atomic E-state index is 12.1. The van der Waals surface area contributed by atoms with Gasteiger partial charge in [-0.1, -0.05) is 18.2 Å². The number of carbonyl (C=O) groups excluding carboxylic acids is 1. The molecule has 5 nitrogen and oxygen atoms in total. The van der Waals surface area contributed by atoms with E-state index < -0.39 is 16.0 Å². The third kappa shape index (κ3) is 5.03. The maximum Gasteiger partial charge on any atom is 0.239 e. The topological polar surface area (TPSA) is 81.4 Å². The first-order chi connectivity index (χ1) is 9.60. The lowest BCUT2D eigenvalue weighted by molar-refractivity contribution is -0.115. The number of carbonyl (C=O) groups is 1. The number of anilines is 1. The zero-order valence-corrected chi connectivity index (χ0v) is 12.7. The molecule has 0 saturated carbocycles. The number of benzene rings is 1. The Morgan fingerprint density at radius 3 is 2.80 bits per heavy atom. The molecule has 0 bridgehead atoms. The Morgan fingerprint density at radius 1 is 1.45 bits per heavy atom. The molecule has 0 aromatic heterocycles. The summed E-state index contributed by atoms with van der Waals surface area (Å²) >= 11 is 0. The average molecular weight is 298 g/mol. The van der Waals surface area contributed by atoms with E-state index in [1.165, 1.54) is 0 Å². The van der Waals surface area contributed by atoms with Crippen LogP contribution in [0, 0.1) is 0 Å². The number of ether oxygens (including phenoxy) is 1. The van der Waals surface area contributed by atoms with E-state index in [1.54, 1.807) is 20.1 Å². The Balaban J connectivity index is 2.59. The minimum atomic E-state index is -1.20. The molecule has 1 aromatic rings. The van der Waals surface area contributed by atoms with Gasteiger partial charge < -0.3 is 15.8 Å². The molecule has 0 saturated heterocycles. The summed E-state index contributed by atoms with van der Waals surface area (Å²) < 4.78 is 16.9. The molecule has 2 atom stereocenters. The highest BCUT2D eigenvalue weighted by Gasteiger charge is 2.20. The van der Waals surface area contributed by atoms with E-state index in [4.69, 9.17) is 10.5 Å². The van der Waals surface area contributed by atoms with Crippen LogP contribution in [0.5, 0.6) is 0 Å². The summed E-state index contributed by atoms with van der Waals surface area (Å²) in [7, 11) is 0.398. The molecular formula is C14H22N2O3S. The number of para-hydroxylation sites is 1. The van der Waals surface area contributed by atoms with Crippen LogP contribution < -0.4 is 11.1 Å². The molecule has 2 unspecified atom stereocenters. The Bertz CT molecular complexity index is 465. The molecule has 0 aliphatic heterocycles. The van der Waals surface area contributed by atoms with Crippen LogP contribution in [0.25, 0.3) is 0 Å². The Morgan fingerprint density at radius 2 is 2.15 bits per heavy atom. The van der Waals surface area contributed by atoms with E-state index in [9.17, 15) is 9.00 Å². The van der Waals surface area contributed by atoms with Crippen LogP contribution in [-0.4, -0.2) is 34.8 Å². The number of hydrogen-bond acceptors (Lipinski definition) is 4. The van der Waals surface area contributed by atoms with Gasteiger partial charge in [0.2, 0.25) is 5.91 Å². The first kappa shape index (κ1) is 16.8. The molecule has 1 aromatic carbocycles. The lowest BCUT2D eigenvalue weighted by Gasteiger charge is -2.14. The maximum atomic E-state index is 12.1. The Kier molecular flexibility index (Phi) is 7.43. The van der Waals surface area contributed by atoms with Crippen LogP contribution in [0.2, 0.25) is 0 Å². The second-order valence-corrected chi connectivity index (χ2v) is 6.30. The van der Waals surface area contributed by atoms with Gasteiger partial charge in [0.1, 0.15) is 5.25 Å². The van der Waals surface area contributed by atoms with Crippen molar-refractivity contribution in [3.8, 4) is 0 Å². The summed E-state index contributed by atoms with van der Waals surface area (Å²) in [5.41, 5.74) is 7.16. The van der Waals surface area contributed by atoms with Crippen molar-refractivity contribution < 1.29 is 13.7 Å². The number of hydrogen-bond donors (Lipinski definition) is 2. The van der Waals surface area contributed by atoms with Crippen molar-refractivity contribution in [3.63, 3.8) is 0 Å². The fraction of sp³-hybridized carbons (Fsp3) is 0.500. The number of rotatable bonds is 8. The standard InChI is InChI=1S/C14H22N2O3S/c1-11(20(18)9-5-8-19-2)14(17)16-13-7-4-3-6-12(13)10-15/h3-4,6-7,11H,5,8-10,15H2,1-2H3,(H,16,17). The van der Waals surface area contributed by atoms with Gasteiger partial charge in [0.25, 0.3) is 0 Å². The third-order valence-electron chi connectivity index (χ3n) is 2.95. The molecule has 0 spiro atoms. The molecule has 6 heteroatoms. The van der Waals surface area contributed by atoms with E-state index in [1.807, 2.05) is 18.2 Å². The van der Waals surface area contributed by atoms with E-state index in [0.29, 0.717) is 31.0 Å². The molecule has 0 aliphatic rings. The monoisotopic (exact) mass is 298 g/mol. The molecular weight excluding hydrogens is 276 g/mol. The highest BCUT2D eigenvalue weighted by molar-refractivity contribution is 7.86. The van der Waals surface area contributed by atoms with Crippen LogP contribution in [-0.2, 0) is 26.9 Å². The van der Waals surface area contributed by atoms with Crippen LogP contribution in [0.3, 0.4) is 0 Å². The first-order valence-electron chi connectivity index (χ1n) is 6.55. The molecule has 0 fully saturated rings. The second kappa shape index (κ2) is 8.84. The fourth-order valence-corrected chi connectivity index (χ4v) is 2.75. The van der Waals surface area contributed by atoms with Gasteiger partial charge in [-0.3, -0.25) is 9.00 Å². The lowest BCUT2D eigenvalue weighted by Crippen LogP contribution is -2.31. The number of nitrogens with one attached hydrogen (secondary N) is 1. The average Bonchev–Trinajstić information content (AvgIpc) is 2.47. The normalized spacial score (nSPS) is 13.8. The quantitative estimate of drug-likeness (QED) is 0.708. The molecule has 0 aliphatic carbocycles. The number of amides is 1. The molecule has 1 amide bonds. The lowest BCUT2D eigenvalue weighted by atomic mass is 10.2. The van der Waals surface area contributed by atoms with Crippen molar-refractivity contribution in [1.82, 2.24) is 0 Å². The van der Waals surface area contributed by atoms with Crippen LogP contribution in [0.1, 0.15) is 18.9 Å². The smallest absolute Gasteiger partial charge is 0.239 e. The summed E-state index contributed by atoms with van der Waals surface area (Å²) in [5.74, 6) is 0.211. The van der Waals surface area contributed by atoms with Crippen molar-refractivity contribution in [2.75, 3.05) is 24.8 Å². The second-order valence-electron chi connectivity index (χ2n) is 4.42. The first-order valence-corrected chi connectivity index (χ1v) is 7.93. The third-order valence-corrected chi connectivity index (χ3v) is 4.65. The molecule has 20 heavy (non-hydrogen) atoms. The largest absolute Gasteiger partial charge is 0.385 e. The van der Waals surface area contributed by atoms with E-state index in [-0.39, 0.29) is 5.91 Å². The van der Waals surface area contributed by atoms with Gasteiger partial charge in [0, 0.05) is 42.5 Å². The molecule has 112 valence electrons. The van der Waals surface area contributed by atoms with Crippen LogP contribution in [0.4, 0.5) is 5.69 Å². The highest BCUT2D eigenvalue weighted by atomic mass is 32.2. The van der Waals surface area contributed by atoms with Crippen molar-refractivity contribution in [3.05, 3.63) is 29.8 Å². The minimum absolute atomic E-state index is 0.248. The van der Waals surface area contributed by atoms with Crippen molar-refractivity contribution >= 4 is 22.4 Å². The van der Waals surface area contributed by atoms with E-state index >= 15 is 0 Å². The summed E-state index contributed by atoms with van der Waals surface area (Å²) in [4.78, 5) is 12.1. The Hall–Kier alpha value is -1.24. The molecule has 1 rings (SSSR count). The summed E-state index contributed by atoms with van der Waals surface area (Å²) in [6.07, 6.45) is 0.681. The predicted octanol–water partition coefficient (Wildman–Crippen LogP) is 1.26. The van der Waals surface area contributed by atoms with E-state index in [0.717, 1.165) is 5.56 Å². The number of methoxy groups -OCH3 is 1. The van der Waals surface area contributed by atoms with Crippen LogP contribution in [0.15, 0.2) is 24.3 Å². The SMILES string of the molecule is COCCCS(=O)C(C)C(=O)Nc1ccccc1CN. The molecule has 0 heterocycles. The van der Waals surface area contributed by atoms with Crippen molar-refractivity contribution in [2.45, 2.75) is 25.1 Å². The predicted molar refractivity (Wildman–Crippen MR) is 81.9 cm³/mol. The fourth-order valence-electron chi connectivity index (χ4n) is 1.70.